The van der Waals surface area contributed by atoms with Gasteiger partial charge in [0.05, 0.1) is 14.2 Å². The third-order valence-electron chi connectivity index (χ3n) is 3.64. The molecule has 0 radical (unpaired) electrons. The number of ether oxygens (including phenoxy) is 3. The predicted molar refractivity (Wildman–Crippen MR) is 107 cm³/mol. The van der Waals surface area contributed by atoms with E-state index in [0.717, 1.165) is 0 Å². The van der Waals surface area contributed by atoms with Crippen molar-refractivity contribution in [2.75, 3.05) is 26.1 Å². The molecule has 0 atom stereocenters. The van der Waals surface area contributed by atoms with Gasteiger partial charge in [-0.25, -0.2) is 4.79 Å². The van der Waals surface area contributed by atoms with E-state index < -0.39 is 24.4 Å². The molecule has 0 aromatic heterocycles. The fraction of sp³-hybridized carbons (Fsp3) is 0.190. The number of hydrogen-bond acceptors (Lipinski definition) is 6. The minimum Gasteiger partial charge on any atom is -0.493 e. The van der Waals surface area contributed by atoms with E-state index in [2.05, 4.69) is 10.6 Å². The van der Waals surface area contributed by atoms with Crippen molar-refractivity contribution in [3.05, 3.63) is 59.8 Å². The van der Waals surface area contributed by atoms with E-state index in [1.807, 2.05) is 6.07 Å². The molecule has 2 amide bonds. The molecule has 152 valence electrons. The second-order valence-electron chi connectivity index (χ2n) is 5.84. The van der Waals surface area contributed by atoms with Crippen LogP contribution < -0.4 is 20.1 Å². The predicted octanol–water partition coefficient (Wildman–Crippen LogP) is 2.36. The first-order valence-electron chi connectivity index (χ1n) is 8.66. The summed E-state index contributed by atoms with van der Waals surface area (Å²) in [4.78, 5) is 35.8. The number of benzene rings is 2. The van der Waals surface area contributed by atoms with Crippen LogP contribution in [-0.2, 0) is 19.1 Å². The summed E-state index contributed by atoms with van der Waals surface area (Å²) in [5.41, 5.74) is 1.08. The van der Waals surface area contributed by atoms with Gasteiger partial charge in [-0.3, -0.25) is 9.59 Å². The molecule has 2 aromatic carbocycles. The van der Waals surface area contributed by atoms with Crippen molar-refractivity contribution < 1.29 is 28.6 Å². The quantitative estimate of drug-likeness (QED) is 0.523. The van der Waals surface area contributed by atoms with E-state index in [1.54, 1.807) is 42.5 Å². The zero-order valence-electron chi connectivity index (χ0n) is 16.4. The summed E-state index contributed by atoms with van der Waals surface area (Å²) in [5.74, 6) is -0.846. The van der Waals surface area contributed by atoms with Gasteiger partial charge in [0.15, 0.2) is 18.1 Å². The van der Waals surface area contributed by atoms with Crippen molar-refractivity contribution in [1.29, 1.82) is 0 Å². The molecule has 8 heteroatoms. The highest BCUT2D eigenvalue weighted by Gasteiger charge is 2.15. The standard InChI is InChI=1S/C21H22N2O6/c1-14(24)22-17(11-15-7-5-4-6-8-15)21(26)29-13-20(25)23-16-9-10-18(27-2)19(12-16)28-3/h4-12H,13H2,1-3H3,(H,22,24)(H,23,25)/b17-11+. The monoisotopic (exact) mass is 398 g/mol. The van der Waals surface area contributed by atoms with Crippen molar-refractivity contribution in [3.63, 3.8) is 0 Å². The van der Waals surface area contributed by atoms with Crippen LogP contribution in [0.1, 0.15) is 12.5 Å². The van der Waals surface area contributed by atoms with Gasteiger partial charge in [0.25, 0.3) is 5.91 Å². The molecule has 0 aliphatic heterocycles. The van der Waals surface area contributed by atoms with Crippen LogP contribution in [-0.4, -0.2) is 38.6 Å². The van der Waals surface area contributed by atoms with Crippen LogP contribution in [0.5, 0.6) is 11.5 Å². The number of hydrogen-bond donors (Lipinski definition) is 2. The van der Waals surface area contributed by atoms with Crippen LogP contribution >= 0.6 is 0 Å². The van der Waals surface area contributed by atoms with Crippen LogP contribution in [0.2, 0.25) is 0 Å². The summed E-state index contributed by atoms with van der Waals surface area (Å²) < 4.78 is 15.3. The number of esters is 1. The molecule has 0 unspecified atom stereocenters. The molecule has 0 fully saturated rings. The number of rotatable bonds is 8. The molecule has 29 heavy (non-hydrogen) atoms. The summed E-state index contributed by atoms with van der Waals surface area (Å²) in [6.07, 6.45) is 1.47. The van der Waals surface area contributed by atoms with E-state index >= 15 is 0 Å². The average Bonchev–Trinajstić information content (AvgIpc) is 2.71. The van der Waals surface area contributed by atoms with E-state index in [4.69, 9.17) is 14.2 Å². The lowest BCUT2D eigenvalue weighted by Gasteiger charge is -2.11. The maximum atomic E-state index is 12.3. The maximum Gasteiger partial charge on any atom is 0.355 e. The number of carbonyl (C=O) groups is 3. The fourth-order valence-corrected chi connectivity index (χ4v) is 2.37. The summed E-state index contributed by atoms with van der Waals surface area (Å²) >= 11 is 0. The normalized spacial score (nSPS) is 10.7. The second kappa shape index (κ2) is 10.5. The third kappa shape index (κ3) is 6.69. The molecule has 0 saturated carbocycles. The van der Waals surface area contributed by atoms with Crippen LogP contribution in [0.4, 0.5) is 5.69 Å². The first-order valence-corrected chi connectivity index (χ1v) is 8.66. The topological polar surface area (TPSA) is 103 Å². The zero-order valence-corrected chi connectivity index (χ0v) is 16.4. The van der Waals surface area contributed by atoms with Gasteiger partial charge in [-0.1, -0.05) is 30.3 Å². The summed E-state index contributed by atoms with van der Waals surface area (Å²) in [5, 5.41) is 5.01. The molecular formula is C21H22N2O6. The molecule has 0 heterocycles. The second-order valence-corrected chi connectivity index (χ2v) is 5.84. The Labute approximate surface area is 168 Å². The van der Waals surface area contributed by atoms with Crippen molar-refractivity contribution in [2.24, 2.45) is 0 Å². The molecule has 8 nitrogen and oxygen atoms in total. The van der Waals surface area contributed by atoms with Gasteiger partial charge in [-0.15, -0.1) is 0 Å². The van der Waals surface area contributed by atoms with E-state index in [-0.39, 0.29) is 5.70 Å². The Bertz CT molecular complexity index is 909. The molecule has 2 rings (SSSR count). The molecule has 0 bridgehead atoms. The van der Waals surface area contributed by atoms with Crippen LogP contribution in [0.15, 0.2) is 54.2 Å². The maximum absolute atomic E-state index is 12.3. The van der Waals surface area contributed by atoms with Crippen LogP contribution in [0.25, 0.3) is 6.08 Å². The number of nitrogens with one attached hydrogen (secondary N) is 2. The molecule has 0 spiro atoms. The highest BCUT2D eigenvalue weighted by Crippen LogP contribution is 2.29. The highest BCUT2D eigenvalue weighted by atomic mass is 16.5. The zero-order chi connectivity index (χ0) is 21.2. The van der Waals surface area contributed by atoms with Crippen LogP contribution in [0, 0.1) is 0 Å². The Morgan fingerprint density at radius 2 is 1.66 bits per heavy atom. The number of carbonyl (C=O) groups excluding carboxylic acids is 3. The van der Waals surface area contributed by atoms with E-state index in [9.17, 15) is 14.4 Å². The van der Waals surface area contributed by atoms with Gasteiger partial charge >= 0.3 is 5.97 Å². The van der Waals surface area contributed by atoms with Gasteiger partial charge in [-0.05, 0) is 23.8 Å². The van der Waals surface area contributed by atoms with Gasteiger partial charge in [-0.2, -0.15) is 0 Å². The number of methoxy groups -OCH3 is 2. The van der Waals surface area contributed by atoms with Crippen LogP contribution in [0.3, 0.4) is 0 Å². The minimum absolute atomic E-state index is 0.0670. The first-order chi connectivity index (χ1) is 13.9. The van der Waals surface area contributed by atoms with Gasteiger partial charge in [0, 0.05) is 18.7 Å². The Morgan fingerprint density at radius 1 is 0.966 bits per heavy atom. The van der Waals surface area contributed by atoms with E-state index in [1.165, 1.54) is 27.2 Å². The van der Waals surface area contributed by atoms with Gasteiger partial charge in [0.1, 0.15) is 5.70 Å². The summed E-state index contributed by atoms with van der Waals surface area (Å²) in [7, 11) is 2.99. The molecule has 0 aliphatic carbocycles. The van der Waals surface area contributed by atoms with Crippen molar-refractivity contribution in [2.45, 2.75) is 6.92 Å². The highest BCUT2D eigenvalue weighted by molar-refractivity contribution is 5.99. The fourth-order valence-electron chi connectivity index (χ4n) is 2.37. The molecule has 0 aliphatic rings. The lowest BCUT2D eigenvalue weighted by molar-refractivity contribution is -0.144. The molecule has 2 aromatic rings. The Morgan fingerprint density at radius 3 is 2.28 bits per heavy atom. The van der Waals surface area contributed by atoms with Gasteiger partial charge < -0.3 is 24.8 Å². The number of anilines is 1. The average molecular weight is 398 g/mol. The molecular weight excluding hydrogens is 376 g/mol. The Hall–Kier alpha value is -3.81. The SMILES string of the molecule is COc1ccc(NC(=O)COC(=O)/C(=C\c2ccccc2)NC(C)=O)cc1OC. The first kappa shape index (κ1) is 21.5. The minimum atomic E-state index is -0.827. The Balaban J connectivity index is 2.01. The lowest BCUT2D eigenvalue weighted by Crippen LogP contribution is -2.28. The third-order valence-corrected chi connectivity index (χ3v) is 3.64. The summed E-state index contributed by atoms with van der Waals surface area (Å²) in [6.45, 7) is 0.745. The van der Waals surface area contributed by atoms with Crippen molar-refractivity contribution >= 4 is 29.5 Å². The summed E-state index contributed by atoms with van der Waals surface area (Å²) in [6, 6.07) is 13.8. The van der Waals surface area contributed by atoms with Crippen molar-refractivity contribution in [3.8, 4) is 11.5 Å². The van der Waals surface area contributed by atoms with Crippen molar-refractivity contribution in [1.82, 2.24) is 5.32 Å². The van der Waals surface area contributed by atoms with E-state index in [0.29, 0.717) is 22.7 Å². The smallest absolute Gasteiger partial charge is 0.355 e. The molecule has 2 N–H and O–H groups in total. The number of amides is 2. The molecule has 0 saturated heterocycles. The van der Waals surface area contributed by atoms with Gasteiger partial charge in [0.2, 0.25) is 5.91 Å². The lowest BCUT2D eigenvalue weighted by atomic mass is 10.2. The Kier molecular flexibility index (Phi) is 7.78. The largest absolute Gasteiger partial charge is 0.493 e.